The van der Waals surface area contributed by atoms with Crippen molar-refractivity contribution in [1.29, 1.82) is 0 Å². The number of hydrogen-bond acceptors (Lipinski definition) is 3. The minimum Gasteiger partial charge on any atom is -0.368 e. The molecule has 4 rings (SSSR count). The maximum atomic E-state index is 13.2. The van der Waals surface area contributed by atoms with E-state index in [-0.39, 0.29) is 5.91 Å². The topological polar surface area (TPSA) is 64.7 Å². The lowest BCUT2D eigenvalue weighted by molar-refractivity contribution is -0.130. The van der Waals surface area contributed by atoms with Crippen molar-refractivity contribution in [1.82, 2.24) is 4.90 Å². The molecule has 1 aliphatic rings. The van der Waals surface area contributed by atoms with Gasteiger partial charge in [-0.1, -0.05) is 35.9 Å². The zero-order chi connectivity index (χ0) is 23.2. The third-order valence-corrected chi connectivity index (χ3v) is 5.64. The standard InChI is InChI=1S/C26H27FN4O2/c1-19-4-2-5-20(16-19)17-25(32)31-14-12-30(13-15-31)24-10-8-22(9-11-24)28-26(33)29-23-7-3-6-21(27)18-23/h2-11,16,18H,12-15,17H2,1H3,(H2,28,29,33). The number of nitrogens with one attached hydrogen (secondary N) is 2. The van der Waals surface area contributed by atoms with Gasteiger partial charge >= 0.3 is 6.03 Å². The fraction of sp³-hybridized carbons (Fsp3) is 0.231. The Balaban J connectivity index is 1.26. The van der Waals surface area contributed by atoms with Gasteiger partial charge in [0.2, 0.25) is 5.91 Å². The summed E-state index contributed by atoms with van der Waals surface area (Å²) in [5.41, 5.74) is 4.27. The van der Waals surface area contributed by atoms with Gasteiger partial charge in [0.1, 0.15) is 5.82 Å². The predicted molar refractivity (Wildman–Crippen MR) is 129 cm³/mol. The number of rotatable bonds is 5. The Morgan fingerprint density at radius 2 is 1.55 bits per heavy atom. The molecule has 33 heavy (non-hydrogen) atoms. The third kappa shape index (κ3) is 6.10. The van der Waals surface area contributed by atoms with Crippen LogP contribution in [-0.4, -0.2) is 43.0 Å². The van der Waals surface area contributed by atoms with E-state index >= 15 is 0 Å². The largest absolute Gasteiger partial charge is 0.368 e. The molecule has 1 aliphatic heterocycles. The van der Waals surface area contributed by atoms with Crippen molar-refractivity contribution < 1.29 is 14.0 Å². The number of carbonyl (C=O) groups excluding carboxylic acids is 2. The Kier molecular flexibility index (Phi) is 6.88. The molecule has 0 saturated carbocycles. The maximum absolute atomic E-state index is 13.2. The highest BCUT2D eigenvalue weighted by molar-refractivity contribution is 5.99. The van der Waals surface area contributed by atoms with Crippen LogP contribution in [0.25, 0.3) is 0 Å². The lowest BCUT2D eigenvalue weighted by Gasteiger charge is -2.36. The zero-order valence-corrected chi connectivity index (χ0v) is 18.6. The number of nitrogens with zero attached hydrogens (tertiary/aromatic N) is 2. The second kappa shape index (κ2) is 10.2. The van der Waals surface area contributed by atoms with Crippen LogP contribution in [0.5, 0.6) is 0 Å². The lowest BCUT2D eigenvalue weighted by atomic mass is 10.1. The number of piperazine rings is 1. The average Bonchev–Trinajstić information content (AvgIpc) is 2.80. The fourth-order valence-electron chi connectivity index (χ4n) is 3.94. The Morgan fingerprint density at radius 1 is 0.848 bits per heavy atom. The molecule has 3 aromatic carbocycles. The first-order valence-electron chi connectivity index (χ1n) is 11.0. The molecule has 170 valence electrons. The predicted octanol–water partition coefficient (Wildman–Crippen LogP) is 4.67. The SMILES string of the molecule is Cc1cccc(CC(=O)N2CCN(c3ccc(NC(=O)Nc4cccc(F)c4)cc3)CC2)c1. The first-order chi connectivity index (χ1) is 16.0. The van der Waals surface area contributed by atoms with Gasteiger partial charge in [0.05, 0.1) is 6.42 Å². The molecule has 1 fully saturated rings. The number of carbonyl (C=O) groups is 2. The van der Waals surface area contributed by atoms with E-state index in [1.165, 1.54) is 18.2 Å². The number of halogens is 1. The molecular weight excluding hydrogens is 419 g/mol. The highest BCUT2D eigenvalue weighted by atomic mass is 19.1. The Bertz CT molecular complexity index is 1130. The molecule has 3 amide bonds. The van der Waals surface area contributed by atoms with Crippen LogP contribution >= 0.6 is 0 Å². The minimum absolute atomic E-state index is 0.157. The lowest BCUT2D eigenvalue weighted by Crippen LogP contribution is -2.49. The van der Waals surface area contributed by atoms with Crippen molar-refractivity contribution in [3.63, 3.8) is 0 Å². The molecule has 0 unspecified atom stereocenters. The summed E-state index contributed by atoms with van der Waals surface area (Å²) in [6, 6.07) is 20.9. The van der Waals surface area contributed by atoms with Crippen LogP contribution in [0.2, 0.25) is 0 Å². The van der Waals surface area contributed by atoms with Crippen molar-refractivity contribution in [3.8, 4) is 0 Å². The highest BCUT2D eigenvalue weighted by Crippen LogP contribution is 2.20. The van der Waals surface area contributed by atoms with Crippen molar-refractivity contribution in [2.24, 2.45) is 0 Å². The van der Waals surface area contributed by atoms with Crippen molar-refractivity contribution >= 4 is 29.0 Å². The summed E-state index contributed by atoms with van der Waals surface area (Å²) >= 11 is 0. The fourth-order valence-corrected chi connectivity index (χ4v) is 3.94. The molecule has 6 nitrogen and oxygen atoms in total. The number of amides is 3. The molecule has 3 aromatic rings. The van der Waals surface area contributed by atoms with Gasteiger partial charge in [0.15, 0.2) is 0 Å². The van der Waals surface area contributed by atoms with E-state index in [0.29, 0.717) is 30.9 Å². The van der Waals surface area contributed by atoms with Gasteiger partial charge in [-0.05, 0) is 55.0 Å². The Morgan fingerprint density at radius 3 is 2.24 bits per heavy atom. The molecule has 0 atom stereocenters. The summed E-state index contributed by atoms with van der Waals surface area (Å²) in [5.74, 6) is -0.252. The van der Waals surface area contributed by atoms with Crippen molar-refractivity contribution in [2.45, 2.75) is 13.3 Å². The van der Waals surface area contributed by atoms with Crippen molar-refractivity contribution in [3.05, 3.63) is 89.7 Å². The van der Waals surface area contributed by atoms with E-state index in [0.717, 1.165) is 29.9 Å². The number of hydrogen-bond donors (Lipinski definition) is 2. The highest BCUT2D eigenvalue weighted by Gasteiger charge is 2.21. The van der Waals surface area contributed by atoms with E-state index in [9.17, 15) is 14.0 Å². The van der Waals surface area contributed by atoms with Crippen LogP contribution in [0.3, 0.4) is 0 Å². The van der Waals surface area contributed by atoms with E-state index < -0.39 is 11.8 Å². The third-order valence-electron chi connectivity index (χ3n) is 5.64. The molecule has 0 spiro atoms. The molecular formula is C26H27FN4O2. The zero-order valence-electron chi connectivity index (χ0n) is 18.6. The van der Waals surface area contributed by atoms with E-state index in [2.05, 4.69) is 21.6 Å². The van der Waals surface area contributed by atoms with E-state index in [1.807, 2.05) is 54.3 Å². The monoisotopic (exact) mass is 446 g/mol. The van der Waals surface area contributed by atoms with Crippen LogP contribution in [0, 0.1) is 12.7 Å². The first kappa shape index (κ1) is 22.3. The normalized spacial score (nSPS) is 13.5. The summed E-state index contributed by atoms with van der Waals surface area (Å²) in [6.07, 6.45) is 0.430. The quantitative estimate of drug-likeness (QED) is 0.599. The van der Waals surface area contributed by atoms with Crippen LogP contribution in [0.4, 0.5) is 26.2 Å². The first-order valence-corrected chi connectivity index (χ1v) is 11.0. The van der Waals surface area contributed by atoms with Gasteiger partial charge in [-0.3, -0.25) is 4.79 Å². The molecule has 2 N–H and O–H groups in total. The van der Waals surface area contributed by atoms with Gasteiger partial charge < -0.3 is 20.4 Å². The second-order valence-electron chi connectivity index (χ2n) is 8.17. The number of benzene rings is 3. The van der Waals surface area contributed by atoms with Crippen LogP contribution in [-0.2, 0) is 11.2 Å². The smallest absolute Gasteiger partial charge is 0.323 e. The Labute approximate surface area is 193 Å². The van der Waals surface area contributed by atoms with E-state index in [1.54, 1.807) is 6.07 Å². The molecule has 1 saturated heterocycles. The van der Waals surface area contributed by atoms with Gasteiger partial charge in [-0.15, -0.1) is 0 Å². The summed E-state index contributed by atoms with van der Waals surface area (Å²) in [6.45, 7) is 4.91. The minimum atomic E-state index is -0.436. The number of aryl methyl sites for hydroxylation is 1. The molecule has 1 heterocycles. The maximum Gasteiger partial charge on any atom is 0.323 e. The van der Waals surface area contributed by atoms with Gasteiger partial charge in [-0.25, -0.2) is 9.18 Å². The number of anilines is 3. The Hall–Kier alpha value is -3.87. The molecule has 0 aliphatic carbocycles. The molecule has 0 aromatic heterocycles. The molecule has 0 radical (unpaired) electrons. The summed E-state index contributed by atoms with van der Waals surface area (Å²) in [5, 5.41) is 5.35. The van der Waals surface area contributed by atoms with Gasteiger partial charge in [-0.2, -0.15) is 0 Å². The van der Waals surface area contributed by atoms with Gasteiger partial charge in [0, 0.05) is 43.2 Å². The van der Waals surface area contributed by atoms with Crippen LogP contribution in [0.15, 0.2) is 72.8 Å². The average molecular weight is 447 g/mol. The molecule has 0 bridgehead atoms. The molecule has 7 heteroatoms. The summed E-state index contributed by atoms with van der Waals surface area (Å²) in [4.78, 5) is 28.9. The van der Waals surface area contributed by atoms with Crippen LogP contribution in [0.1, 0.15) is 11.1 Å². The summed E-state index contributed by atoms with van der Waals surface area (Å²) < 4.78 is 13.2. The van der Waals surface area contributed by atoms with Crippen molar-refractivity contribution in [2.75, 3.05) is 41.7 Å². The van der Waals surface area contributed by atoms with Gasteiger partial charge in [0.25, 0.3) is 0 Å². The summed E-state index contributed by atoms with van der Waals surface area (Å²) in [7, 11) is 0. The van der Waals surface area contributed by atoms with E-state index in [4.69, 9.17) is 0 Å². The number of urea groups is 1. The van der Waals surface area contributed by atoms with Crippen LogP contribution < -0.4 is 15.5 Å². The second-order valence-corrected chi connectivity index (χ2v) is 8.17.